The van der Waals surface area contributed by atoms with Crippen LogP contribution in [0.3, 0.4) is 0 Å². The molecule has 0 fully saturated rings. The van der Waals surface area contributed by atoms with E-state index in [-0.39, 0.29) is 0 Å². The SMILES string of the molecule is CC(C)/C=C(/SC=N)C(C)C. The van der Waals surface area contributed by atoms with Gasteiger partial charge in [0.05, 0.1) is 5.55 Å². The average molecular weight is 171 g/mol. The van der Waals surface area contributed by atoms with Crippen molar-refractivity contribution >= 4 is 17.3 Å². The lowest BCUT2D eigenvalue weighted by atomic mass is 10.1. The lowest BCUT2D eigenvalue weighted by Gasteiger charge is -2.08. The Balaban J connectivity index is 4.19. The third-order valence-corrected chi connectivity index (χ3v) is 2.26. The van der Waals surface area contributed by atoms with Crippen molar-refractivity contribution < 1.29 is 0 Å². The number of hydrogen-bond acceptors (Lipinski definition) is 2. The van der Waals surface area contributed by atoms with Gasteiger partial charge in [0.2, 0.25) is 0 Å². The second-order valence-electron chi connectivity index (χ2n) is 3.20. The van der Waals surface area contributed by atoms with Gasteiger partial charge in [0.25, 0.3) is 0 Å². The maximum Gasteiger partial charge on any atom is 0.0551 e. The predicted molar refractivity (Wildman–Crippen MR) is 54.1 cm³/mol. The van der Waals surface area contributed by atoms with Crippen molar-refractivity contribution in [3.63, 3.8) is 0 Å². The zero-order valence-corrected chi connectivity index (χ0v) is 8.53. The predicted octanol–water partition coefficient (Wildman–Crippen LogP) is 3.52. The van der Waals surface area contributed by atoms with E-state index in [0.717, 1.165) is 0 Å². The second-order valence-corrected chi connectivity index (χ2v) is 4.15. The van der Waals surface area contributed by atoms with Crippen molar-refractivity contribution in [1.29, 1.82) is 5.41 Å². The first kappa shape index (κ1) is 10.8. The lowest BCUT2D eigenvalue weighted by molar-refractivity contribution is 0.770. The summed E-state index contributed by atoms with van der Waals surface area (Å²) in [6.07, 6.45) is 2.22. The minimum absolute atomic E-state index is 0.545. The van der Waals surface area contributed by atoms with E-state index in [4.69, 9.17) is 5.41 Å². The third-order valence-electron chi connectivity index (χ3n) is 1.26. The van der Waals surface area contributed by atoms with Crippen LogP contribution in [-0.2, 0) is 0 Å². The summed E-state index contributed by atoms with van der Waals surface area (Å²) < 4.78 is 0. The van der Waals surface area contributed by atoms with Gasteiger partial charge in [0.1, 0.15) is 0 Å². The summed E-state index contributed by atoms with van der Waals surface area (Å²) in [5, 5.41) is 6.97. The Bertz CT molecular complexity index is 148. The standard InChI is InChI=1S/C9H17NS/c1-7(2)5-9(8(3)4)11-6-10/h5-8,10H,1-4H3/b9-5+,10-6?. The monoisotopic (exact) mass is 171 g/mol. The molecular formula is C9H17NS. The van der Waals surface area contributed by atoms with Crippen LogP contribution in [-0.4, -0.2) is 5.55 Å². The van der Waals surface area contributed by atoms with Gasteiger partial charge in [0.15, 0.2) is 0 Å². The fourth-order valence-electron chi connectivity index (χ4n) is 0.764. The minimum Gasteiger partial charge on any atom is -0.302 e. The molecule has 0 bridgehead atoms. The highest BCUT2D eigenvalue weighted by atomic mass is 32.2. The highest BCUT2D eigenvalue weighted by Gasteiger charge is 2.02. The minimum atomic E-state index is 0.545. The molecular weight excluding hydrogens is 154 g/mol. The summed E-state index contributed by atoms with van der Waals surface area (Å²) in [5.74, 6) is 1.13. The largest absolute Gasteiger partial charge is 0.302 e. The number of nitrogens with one attached hydrogen (secondary N) is 1. The lowest BCUT2D eigenvalue weighted by Crippen LogP contribution is -1.92. The van der Waals surface area contributed by atoms with E-state index >= 15 is 0 Å². The zero-order valence-electron chi connectivity index (χ0n) is 7.72. The Morgan fingerprint density at radius 2 is 1.82 bits per heavy atom. The maximum absolute atomic E-state index is 6.97. The zero-order chi connectivity index (χ0) is 8.85. The summed E-state index contributed by atoms with van der Waals surface area (Å²) in [5.41, 5.74) is 1.40. The van der Waals surface area contributed by atoms with Crippen LogP contribution in [0.15, 0.2) is 11.0 Å². The first-order valence-electron chi connectivity index (χ1n) is 3.95. The molecule has 64 valence electrons. The molecule has 0 saturated carbocycles. The molecule has 0 atom stereocenters. The van der Waals surface area contributed by atoms with Crippen molar-refractivity contribution in [2.45, 2.75) is 27.7 Å². The number of hydrogen-bond donors (Lipinski definition) is 1. The molecule has 0 aromatic carbocycles. The van der Waals surface area contributed by atoms with Gasteiger partial charge in [-0.25, -0.2) is 0 Å². The van der Waals surface area contributed by atoms with E-state index in [1.165, 1.54) is 22.2 Å². The van der Waals surface area contributed by atoms with Crippen molar-refractivity contribution in [2.24, 2.45) is 11.8 Å². The quantitative estimate of drug-likeness (QED) is 0.508. The second kappa shape index (κ2) is 5.42. The van der Waals surface area contributed by atoms with E-state index in [9.17, 15) is 0 Å². The molecule has 0 radical (unpaired) electrons. The van der Waals surface area contributed by atoms with Crippen LogP contribution in [0.25, 0.3) is 0 Å². The van der Waals surface area contributed by atoms with Crippen LogP contribution < -0.4 is 0 Å². The molecule has 11 heavy (non-hydrogen) atoms. The topological polar surface area (TPSA) is 23.9 Å². The average Bonchev–Trinajstić information content (AvgIpc) is 1.86. The van der Waals surface area contributed by atoms with Crippen molar-refractivity contribution in [1.82, 2.24) is 0 Å². The van der Waals surface area contributed by atoms with Crippen molar-refractivity contribution in [3.8, 4) is 0 Å². The van der Waals surface area contributed by atoms with Crippen molar-refractivity contribution in [2.75, 3.05) is 0 Å². The third kappa shape index (κ3) is 5.08. The molecule has 0 aliphatic heterocycles. The van der Waals surface area contributed by atoms with E-state index in [2.05, 4.69) is 33.8 Å². The summed E-state index contributed by atoms with van der Waals surface area (Å²) >= 11 is 1.52. The molecule has 0 aromatic rings. The Labute approximate surface area is 73.8 Å². The molecule has 0 aromatic heterocycles. The molecule has 0 spiro atoms. The van der Waals surface area contributed by atoms with Crippen LogP contribution in [0.4, 0.5) is 0 Å². The van der Waals surface area contributed by atoms with E-state index in [1.807, 2.05) is 0 Å². The van der Waals surface area contributed by atoms with Gasteiger partial charge in [0, 0.05) is 0 Å². The highest BCUT2D eigenvalue weighted by molar-refractivity contribution is 8.15. The molecule has 1 N–H and O–H groups in total. The molecule has 0 saturated heterocycles. The molecule has 0 aliphatic carbocycles. The first-order chi connectivity index (χ1) is 5.07. The van der Waals surface area contributed by atoms with Gasteiger partial charge in [-0.1, -0.05) is 45.5 Å². The Kier molecular flexibility index (Phi) is 5.30. The normalized spacial score (nSPS) is 12.7. The van der Waals surface area contributed by atoms with Crippen LogP contribution >= 0.6 is 11.8 Å². The molecule has 2 heteroatoms. The van der Waals surface area contributed by atoms with Gasteiger partial charge in [-0.05, 0) is 16.7 Å². The van der Waals surface area contributed by atoms with E-state index in [1.54, 1.807) is 0 Å². The molecule has 0 heterocycles. The van der Waals surface area contributed by atoms with Gasteiger partial charge in [-0.3, -0.25) is 0 Å². The molecule has 0 rings (SSSR count). The fraction of sp³-hybridized carbons (Fsp3) is 0.667. The summed E-state index contributed by atoms with van der Waals surface area (Å²) in [7, 11) is 0. The van der Waals surface area contributed by atoms with Crippen LogP contribution in [0, 0.1) is 17.2 Å². The van der Waals surface area contributed by atoms with Gasteiger partial charge in [-0.15, -0.1) is 0 Å². The van der Waals surface area contributed by atoms with Gasteiger partial charge < -0.3 is 5.41 Å². The van der Waals surface area contributed by atoms with Crippen molar-refractivity contribution in [3.05, 3.63) is 11.0 Å². The molecule has 1 nitrogen and oxygen atoms in total. The van der Waals surface area contributed by atoms with Crippen LogP contribution in [0.1, 0.15) is 27.7 Å². The van der Waals surface area contributed by atoms with E-state index in [0.29, 0.717) is 11.8 Å². The Hall–Kier alpha value is -0.240. The van der Waals surface area contributed by atoms with Crippen LogP contribution in [0.5, 0.6) is 0 Å². The summed E-state index contributed by atoms with van der Waals surface area (Å²) in [4.78, 5) is 1.30. The number of rotatable bonds is 4. The summed E-state index contributed by atoms with van der Waals surface area (Å²) in [6, 6.07) is 0. The van der Waals surface area contributed by atoms with Gasteiger partial charge in [-0.2, -0.15) is 0 Å². The number of thioether (sulfide) groups is 1. The number of allylic oxidation sites excluding steroid dienone is 2. The smallest absolute Gasteiger partial charge is 0.0551 e. The summed E-state index contributed by atoms with van der Waals surface area (Å²) in [6.45, 7) is 8.63. The Morgan fingerprint density at radius 3 is 2.09 bits per heavy atom. The molecule has 0 aliphatic rings. The maximum atomic E-state index is 6.97. The van der Waals surface area contributed by atoms with E-state index < -0.39 is 0 Å². The Morgan fingerprint density at radius 1 is 1.27 bits per heavy atom. The highest BCUT2D eigenvalue weighted by Crippen LogP contribution is 2.23. The molecule has 0 unspecified atom stereocenters. The van der Waals surface area contributed by atoms with Gasteiger partial charge >= 0.3 is 0 Å². The fourth-order valence-corrected chi connectivity index (χ4v) is 1.52. The van der Waals surface area contributed by atoms with Crippen LogP contribution in [0.2, 0.25) is 0 Å². The molecule has 0 amide bonds. The first-order valence-corrected chi connectivity index (χ1v) is 4.83.